The number of H-pyrrole nitrogens is 1. The number of thiol groups is 2. The van der Waals surface area contributed by atoms with Gasteiger partial charge in [-0.25, -0.2) is 0 Å². The van der Waals surface area contributed by atoms with Crippen LogP contribution in [0.25, 0.3) is 10.9 Å². The Hall–Kier alpha value is -2.62. The zero-order valence-corrected chi connectivity index (χ0v) is 19.3. The van der Waals surface area contributed by atoms with Crippen molar-refractivity contribution in [2.75, 3.05) is 12.4 Å². The third-order valence-corrected chi connectivity index (χ3v) is 7.61. The maximum atomic E-state index is 13.5. The second kappa shape index (κ2) is 7.19. The SMILES string of the molecule is CNC(=O)C1(S)[C@@H](O)[C@]2(c3c[nH]c4ccccc34)c3ccccc3N[C@@H]2N1C(=O)[C@H](C)S. The van der Waals surface area contributed by atoms with E-state index in [1.165, 1.54) is 11.9 Å². The first-order chi connectivity index (χ1) is 15.3. The average Bonchev–Trinajstić information content (AvgIpc) is 3.42. The van der Waals surface area contributed by atoms with Crippen LogP contribution in [0.1, 0.15) is 18.1 Å². The average molecular weight is 469 g/mol. The number of para-hydroxylation sites is 2. The molecule has 2 amide bonds. The number of hydrogen-bond acceptors (Lipinski definition) is 6. The van der Waals surface area contributed by atoms with E-state index in [0.717, 1.165) is 27.7 Å². The molecule has 1 unspecified atom stereocenters. The fraction of sp³-hybridized carbons (Fsp3) is 0.304. The van der Waals surface area contributed by atoms with Gasteiger partial charge in [0.2, 0.25) is 5.91 Å². The Morgan fingerprint density at radius 2 is 1.84 bits per heavy atom. The molecule has 3 aromatic rings. The summed E-state index contributed by atoms with van der Waals surface area (Å²) in [6.45, 7) is 1.64. The molecule has 9 heteroatoms. The molecule has 0 bridgehead atoms. The molecule has 166 valence electrons. The molecule has 5 rings (SSSR count). The van der Waals surface area contributed by atoms with Crippen LogP contribution in [0.15, 0.2) is 54.7 Å². The van der Waals surface area contributed by atoms with Crippen molar-refractivity contribution in [3.63, 3.8) is 0 Å². The quantitative estimate of drug-likeness (QED) is 0.332. The second-order valence-corrected chi connectivity index (χ2v) is 9.76. The minimum atomic E-state index is -1.83. The number of likely N-dealkylation sites (tertiary alicyclic amines) is 1. The molecular weight excluding hydrogens is 444 g/mol. The van der Waals surface area contributed by atoms with E-state index >= 15 is 0 Å². The number of aliphatic hydroxyl groups is 1. The van der Waals surface area contributed by atoms with Crippen LogP contribution in [-0.2, 0) is 15.0 Å². The number of benzene rings is 2. The Labute approximate surface area is 196 Å². The highest BCUT2D eigenvalue weighted by molar-refractivity contribution is 7.83. The van der Waals surface area contributed by atoms with E-state index in [2.05, 4.69) is 28.2 Å². The first kappa shape index (κ1) is 21.2. The molecule has 1 aromatic heterocycles. The van der Waals surface area contributed by atoms with Gasteiger partial charge in [-0.2, -0.15) is 12.6 Å². The van der Waals surface area contributed by atoms with Crippen LogP contribution in [0.3, 0.4) is 0 Å². The summed E-state index contributed by atoms with van der Waals surface area (Å²) in [7, 11) is 1.47. The van der Waals surface area contributed by atoms with Gasteiger partial charge in [0.25, 0.3) is 5.91 Å². The van der Waals surface area contributed by atoms with E-state index in [9.17, 15) is 14.7 Å². The van der Waals surface area contributed by atoms with Gasteiger partial charge in [-0.05, 0) is 30.2 Å². The molecule has 7 nitrogen and oxygen atoms in total. The minimum Gasteiger partial charge on any atom is -0.388 e. The van der Waals surface area contributed by atoms with Crippen LogP contribution < -0.4 is 10.6 Å². The topological polar surface area (TPSA) is 97.5 Å². The zero-order valence-electron chi connectivity index (χ0n) is 17.5. The van der Waals surface area contributed by atoms with Crippen molar-refractivity contribution >= 4 is 53.7 Å². The summed E-state index contributed by atoms with van der Waals surface area (Å²) in [5.74, 6) is -0.971. The van der Waals surface area contributed by atoms with E-state index in [0.29, 0.717) is 0 Å². The predicted molar refractivity (Wildman–Crippen MR) is 130 cm³/mol. The lowest BCUT2D eigenvalue weighted by molar-refractivity contribution is -0.143. The zero-order chi connectivity index (χ0) is 22.8. The molecule has 5 atom stereocenters. The van der Waals surface area contributed by atoms with Crippen molar-refractivity contribution in [2.24, 2.45) is 0 Å². The molecule has 2 aliphatic heterocycles. The van der Waals surface area contributed by atoms with Crippen molar-refractivity contribution in [2.45, 2.75) is 34.7 Å². The van der Waals surface area contributed by atoms with Gasteiger partial charge < -0.3 is 20.7 Å². The Morgan fingerprint density at radius 1 is 1.16 bits per heavy atom. The van der Waals surface area contributed by atoms with E-state index in [4.69, 9.17) is 12.6 Å². The molecule has 3 heterocycles. The molecule has 1 fully saturated rings. The van der Waals surface area contributed by atoms with Crippen LogP contribution in [-0.4, -0.2) is 56.2 Å². The van der Waals surface area contributed by atoms with Crippen LogP contribution in [0.4, 0.5) is 5.69 Å². The molecule has 0 aliphatic carbocycles. The molecule has 4 N–H and O–H groups in total. The van der Waals surface area contributed by atoms with Crippen LogP contribution >= 0.6 is 25.3 Å². The molecule has 1 saturated heterocycles. The summed E-state index contributed by atoms with van der Waals surface area (Å²) in [4.78, 5) is 29.5. The van der Waals surface area contributed by atoms with Crippen molar-refractivity contribution in [1.82, 2.24) is 15.2 Å². The van der Waals surface area contributed by atoms with E-state index in [1.54, 1.807) is 6.92 Å². The van der Waals surface area contributed by atoms with Gasteiger partial charge in [-0.3, -0.25) is 14.5 Å². The maximum absolute atomic E-state index is 13.5. The smallest absolute Gasteiger partial charge is 0.258 e. The highest BCUT2D eigenvalue weighted by atomic mass is 32.1. The number of fused-ring (bicyclic) bond motifs is 4. The van der Waals surface area contributed by atoms with Crippen molar-refractivity contribution in [3.05, 3.63) is 65.9 Å². The summed E-state index contributed by atoms with van der Waals surface area (Å²) < 4.78 is 0. The van der Waals surface area contributed by atoms with Gasteiger partial charge in [0.15, 0.2) is 4.87 Å². The number of carbonyl (C=O) groups excluding carboxylic acids is 2. The number of rotatable bonds is 3. The van der Waals surface area contributed by atoms with Crippen molar-refractivity contribution in [1.29, 1.82) is 0 Å². The number of nitrogens with zero attached hydrogens (tertiary/aromatic N) is 1. The Bertz CT molecular complexity index is 1240. The van der Waals surface area contributed by atoms with Gasteiger partial charge >= 0.3 is 0 Å². The molecule has 0 radical (unpaired) electrons. The number of anilines is 1. The number of nitrogens with one attached hydrogen (secondary N) is 3. The Balaban J connectivity index is 1.88. The third-order valence-electron chi connectivity index (χ3n) is 6.73. The molecule has 0 spiro atoms. The number of carbonyl (C=O) groups is 2. The van der Waals surface area contributed by atoms with Gasteiger partial charge in [-0.1, -0.05) is 36.4 Å². The highest BCUT2D eigenvalue weighted by Crippen LogP contribution is 2.60. The fourth-order valence-corrected chi connectivity index (χ4v) is 6.01. The predicted octanol–water partition coefficient (Wildman–Crippen LogP) is 2.10. The number of aromatic nitrogens is 1. The summed E-state index contributed by atoms with van der Waals surface area (Å²) >= 11 is 9.07. The first-order valence-corrected chi connectivity index (χ1v) is 11.3. The summed E-state index contributed by atoms with van der Waals surface area (Å²) in [5.41, 5.74) is 2.12. The third kappa shape index (κ3) is 2.44. The van der Waals surface area contributed by atoms with Crippen LogP contribution in [0.2, 0.25) is 0 Å². The number of hydrogen-bond donors (Lipinski definition) is 6. The van der Waals surface area contributed by atoms with E-state index in [-0.39, 0.29) is 0 Å². The van der Waals surface area contributed by atoms with Crippen molar-refractivity contribution < 1.29 is 14.7 Å². The monoisotopic (exact) mass is 468 g/mol. The van der Waals surface area contributed by atoms with Crippen molar-refractivity contribution in [3.8, 4) is 0 Å². The Morgan fingerprint density at radius 3 is 2.56 bits per heavy atom. The lowest BCUT2D eigenvalue weighted by Gasteiger charge is -2.37. The first-order valence-electron chi connectivity index (χ1n) is 10.4. The molecule has 32 heavy (non-hydrogen) atoms. The van der Waals surface area contributed by atoms with Crippen LogP contribution in [0.5, 0.6) is 0 Å². The summed E-state index contributed by atoms with van der Waals surface area (Å²) in [5, 5.41) is 18.2. The maximum Gasteiger partial charge on any atom is 0.258 e. The van der Waals surface area contributed by atoms with E-state index < -0.39 is 39.6 Å². The molecule has 0 saturated carbocycles. The van der Waals surface area contributed by atoms with Gasteiger partial charge in [0.05, 0.1) is 10.7 Å². The number of aromatic amines is 1. The highest BCUT2D eigenvalue weighted by Gasteiger charge is 2.73. The molecule has 2 aromatic carbocycles. The molecule has 2 aliphatic rings. The van der Waals surface area contributed by atoms with Gasteiger partial charge in [0, 0.05) is 29.8 Å². The summed E-state index contributed by atoms with van der Waals surface area (Å²) in [6.07, 6.45) is -0.276. The minimum absolute atomic E-state index is 0.405. The number of amides is 2. The van der Waals surface area contributed by atoms with E-state index in [1.807, 2.05) is 54.7 Å². The van der Waals surface area contributed by atoms with Crippen LogP contribution in [0, 0.1) is 0 Å². The lowest BCUT2D eigenvalue weighted by atomic mass is 9.70. The summed E-state index contributed by atoms with van der Waals surface area (Å²) in [6, 6.07) is 15.4. The number of likely N-dealkylation sites (N-methyl/N-ethyl adjacent to an activating group) is 1. The fourth-order valence-electron chi connectivity index (χ4n) is 5.36. The standard InChI is InChI=1S/C23H24N4O3S2/c1-12(31)18(28)27-20-22(14-8-4-6-10-17(14)26-20,19(29)23(27,32)21(30)24-2)15-11-25-16-9-5-3-7-13(15)16/h3-12,19-20,25-26,29,31-32H,1-2H3,(H,24,30)/t12-,19-,20+,22+,23?/m0/s1. The largest absolute Gasteiger partial charge is 0.388 e. The molecular formula is C23H24N4O3S2. The van der Waals surface area contributed by atoms with Gasteiger partial charge in [-0.15, -0.1) is 12.6 Å². The number of aliphatic hydroxyl groups excluding tert-OH is 1. The van der Waals surface area contributed by atoms with Gasteiger partial charge in [0.1, 0.15) is 12.3 Å². The normalized spacial score (nSPS) is 29.3. The lowest BCUT2D eigenvalue weighted by Crippen LogP contribution is -2.61. The Kier molecular flexibility index (Phi) is 4.77. The second-order valence-electron chi connectivity index (χ2n) is 8.30.